The van der Waals surface area contributed by atoms with Gasteiger partial charge in [0.05, 0.1) is 0 Å². The lowest BCUT2D eigenvalue weighted by atomic mass is 10.0. The summed E-state index contributed by atoms with van der Waals surface area (Å²) in [6.07, 6.45) is 1.16. The van der Waals surface area contributed by atoms with Crippen molar-refractivity contribution in [3.8, 4) is 0 Å². The number of aromatic nitrogens is 1. The lowest BCUT2D eigenvalue weighted by Gasteiger charge is -2.11. The van der Waals surface area contributed by atoms with Gasteiger partial charge in [-0.05, 0) is 30.2 Å². The topological polar surface area (TPSA) is 33.1 Å². The van der Waals surface area contributed by atoms with E-state index < -0.39 is 6.10 Å². The van der Waals surface area contributed by atoms with Crippen molar-refractivity contribution >= 4 is 0 Å². The average Bonchev–Trinajstić information content (AvgIpc) is 2.29. The summed E-state index contributed by atoms with van der Waals surface area (Å²) < 4.78 is 0. The van der Waals surface area contributed by atoms with Crippen molar-refractivity contribution < 1.29 is 5.11 Å². The number of pyridine rings is 1. The first-order valence-electron chi connectivity index (χ1n) is 4.93. The van der Waals surface area contributed by atoms with Gasteiger partial charge in [-0.25, -0.2) is 0 Å². The minimum atomic E-state index is -0.562. The van der Waals surface area contributed by atoms with Gasteiger partial charge in [0, 0.05) is 11.9 Å². The van der Waals surface area contributed by atoms with Gasteiger partial charge in [0.15, 0.2) is 0 Å². The summed E-state index contributed by atoms with van der Waals surface area (Å²) in [5.41, 5.74) is 2.71. The number of nitrogens with zero attached hydrogens (tertiary/aromatic N) is 1. The van der Waals surface area contributed by atoms with Crippen molar-refractivity contribution in [2.24, 2.45) is 0 Å². The molecular formula is C13H13NO. The van der Waals surface area contributed by atoms with E-state index >= 15 is 0 Å². The van der Waals surface area contributed by atoms with Crippen LogP contribution in [0.2, 0.25) is 0 Å². The maximum atomic E-state index is 10.1. The molecule has 0 aliphatic carbocycles. The van der Waals surface area contributed by atoms with Crippen LogP contribution in [-0.2, 0) is 0 Å². The summed E-state index contributed by atoms with van der Waals surface area (Å²) in [5.74, 6) is 0. The van der Waals surface area contributed by atoms with E-state index in [0.29, 0.717) is 0 Å². The highest BCUT2D eigenvalue weighted by Gasteiger charge is 2.09. The monoisotopic (exact) mass is 199 g/mol. The number of hydrogen-bond donors (Lipinski definition) is 1. The van der Waals surface area contributed by atoms with Crippen LogP contribution in [0.1, 0.15) is 22.9 Å². The molecule has 15 heavy (non-hydrogen) atoms. The van der Waals surface area contributed by atoms with Crippen molar-refractivity contribution in [2.75, 3.05) is 0 Å². The molecule has 0 saturated carbocycles. The Hall–Kier alpha value is -1.67. The van der Waals surface area contributed by atoms with Gasteiger partial charge in [-0.15, -0.1) is 0 Å². The molecule has 1 aromatic heterocycles. The molecule has 0 aliphatic heterocycles. The Morgan fingerprint density at radius 1 is 1.07 bits per heavy atom. The fourth-order valence-corrected chi connectivity index (χ4v) is 1.57. The largest absolute Gasteiger partial charge is 0.384 e. The van der Waals surface area contributed by atoms with Gasteiger partial charge in [0.25, 0.3) is 0 Å². The van der Waals surface area contributed by atoms with E-state index in [1.54, 1.807) is 6.20 Å². The first kappa shape index (κ1) is 9.87. The number of hydrogen-bond acceptors (Lipinski definition) is 2. The Kier molecular flexibility index (Phi) is 2.79. The van der Waals surface area contributed by atoms with Gasteiger partial charge >= 0.3 is 0 Å². The van der Waals surface area contributed by atoms with Crippen LogP contribution < -0.4 is 0 Å². The highest BCUT2D eigenvalue weighted by atomic mass is 16.3. The third kappa shape index (κ3) is 2.22. The molecule has 0 spiro atoms. The number of aliphatic hydroxyl groups is 1. The molecule has 2 aromatic rings. The molecular weight excluding hydrogens is 186 g/mol. The summed E-state index contributed by atoms with van der Waals surface area (Å²) in [6.45, 7) is 1.92. The number of benzene rings is 1. The summed E-state index contributed by atoms with van der Waals surface area (Å²) in [6, 6.07) is 13.4. The van der Waals surface area contributed by atoms with E-state index in [9.17, 15) is 5.11 Å². The van der Waals surface area contributed by atoms with Crippen LogP contribution in [0.5, 0.6) is 0 Å². The molecule has 1 atom stereocenters. The second-order valence-electron chi connectivity index (χ2n) is 3.54. The second kappa shape index (κ2) is 4.24. The summed E-state index contributed by atoms with van der Waals surface area (Å²) >= 11 is 0. The van der Waals surface area contributed by atoms with Crippen LogP contribution in [0.4, 0.5) is 0 Å². The van der Waals surface area contributed by atoms with Crippen molar-refractivity contribution in [1.29, 1.82) is 0 Å². The first-order chi connectivity index (χ1) is 7.27. The van der Waals surface area contributed by atoms with Crippen LogP contribution in [0, 0.1) is 6.92 Å². The van der Waals surface area contributed by atoms with Crippen LogP contribution in [0.15, 0.2) is 48.7 Å². The Morgan fingerprint density at radius 2 is 1.80 bits per heavy atom. The molecule has 0 fully saturated rings. The molecule has 0 aliphatic rings. The zero-order chi connectivity index (χ0) is 10.7. The summed E-state index contributed by atoms with van der Waals surface area (Å²) in [4.78, 5) is 4.10. The van der Waals surface area contributed by atoms with Gasteiger partial charge < -0.3 is 5.11 Å². The Labute approximate surface area is 89.2 Å². The normalized spacial score (nSPS) is 12.4. The zero-order valence-corrected chi connectivity index (χ0v) is 8.59. The molecule has 1 heterocycles. The van der Waals surface area contributed by atoms with E-state index in [2.05, 4.69) is 4.98 Å². The van der Waals surface area contributed by atoms with Crippen molar-refractivity contribution in [3.05, 3.63) is 65.5 Å². The molecule has 0 amide bonds. The smallest absolute Gasteiger partial charge is 0.104 e. The van der Waals surface area contributed by atoms with E-state index in [4.69, 9.17) is 0 Å². The quantitative estimate of drug-likeness (QED) is 0.806. The number of aliphatic hydroxyl groups excluding tert-OH is 1. The third-order valence-electron chi connectivity index (χ3n) is 2.35. The molecule has 1 N–H and O–H groups in total. The van der Waals surface area contributed by atoms with Gasteiger partial charge in [-0.2, -0.15) is 0 Å². The fraction of sp³-hybridized carbons (Fsp3) is 0.154. The van der Waals surface area contributed by atoms with E-state index in [1.165, 1.54) is 0 Å². The minimum absolute atomic E-state index is 0.562. The molecule has 2 rings (SSSR count). The van der Waals surface area contributed by atoms with E-state index in [1.807, 2.05) is 49.4 Å². The van der Waals surface area contributed by atoms with E-state index in [-0.39, 0.29) is 0 Å². The van der Waals surface area contributed by atoms with Gasteiger partial charge in [-0.1, -0.05) is 30.3 Å². The molecule has 1 unspecified atom stereocenters. The van der Waals surface area contributed by atoms with Crippen LogP contribution in [-0.4, -0.2) is 10.1 Å². The second-order valence-corrected chi connectivity index (χ2v) is 3.54. The maximum Gasteiger partial charge on any atom is 0.104 e. The lowest BCUT2D eigenvalue weighted by Crippen LogP contribution is -2.00. The number of aryl methyl sites for hydroxylation is 1. The molecule has 2 nitrogen and oxygen atoms in total. The Bertz CT molecular complexity index is 439. The zero-order valence-electron chi connectivity index (χ0n) is 8.59. The molecule has 2 heteroatoms. The highest BCUT2D eigenvalue weighted by molar-refractivity contribution is 5.29. The standard InChI is InChI=1S/C13H13NO/c1-10-9-12(7-8-14-10)13(15)11-5-3-2-4-6-11/h2-9,13,15H,1H3. The van der Waals surface area contributed by atoms with Gasteiger partial charge in [0.2, 0.25) is 0 Å². The maximum absolute atomic E-state index is 10.1. The Balaban J connectivity index is 2.32. The predicted molar refractivity (Wildman–Crippen MR) is 59.5 cm³/mol. The summed E-state index contributed by atoms with van der Waals surface area (Å²) in [5, 5.41) is 10.1. The predicted octanol–water partition coefficient (Wildman–Crippen LogP) is 2.47. The Morgan fingerprint density at radius 3 is 2.47 bits per heavy atom. The van der Waals surface area contributed by atoms with Crippen LogP contribution >= 0.6 is 0 Å². The molecule has 0 radical (unpaired) electrons. The first-order valence-corrected chi connectivity index (χ1v) is 4.93. The van der Waals surface area contributed by atoms with Crippen molar-refractivity contribution in [3.63, 3.8) is 0 Å². The molecule has 0 bridgehead atoms. The van der Waals surface area contributed by atoms with Crippen LogP contribution in [0.25, 0.3) is 0 Å². The lowest BCUT2D eigenvalue weighted by molar-refractivity contribution is 0.220. The van der Waals surface area contributed by atoms with Crippen molar-refractivity contribution in [1.82, 2.24) is 4.98 Å². The average molecular weight is 199 g/mol. The minimum Gasteiger partial charge on any atom is -0.384 e. The molecule has 1 aromatic carbocycles. The van der Waals surface area contributed by atoms with E-state index in [0.717, 1.165) is 16.8 Å². The molecule has 76 valence electrons. The SMILES string of the molecule is Cc1cc(C(O)c2ccccc2)ccn1. The molecule has 0 saturated heterocycles. The van der Waals surface area contributed by atoms with Crippen LogP contribution in [0.3, 0.4) is 0 Å². The number of rotatable bonds is 2. The fourth-order valence-electron chi connectivity index (χ4n) is 1.57. The van der Waals surface area contributed by atoms with Gasteiger partial charge in [-0.3, -0.25) is 4.98 Å². The summed E-state index contributed by atoms with van der Waals surface area (Å²) in [7, 11) is 0. The van der Waals surface area contributed by atoms with Gasteiger partial charge in [0.1, 0.15) is 6.10 Å². The van der Waals surface area contributed by atoms with Crippen molar-refractivity contribution in [2.45, 2.75) is 13.0 Å². The third-order valence-corrected chi connectivity index (χ3v) is 2.35. The highest BCUT2D eigenvalue weighted by Crippen LogP contribution is 2.21.